The summed E-state index contributed by atoms with van der Waals surface area (Å²) in [5.74, 6) is 0. The largest absolute Gasteiger partial charge is 0.311 e. The fourth-order valence-electron chi connectivity index (χ4n) is 5.89. The van der Waals surface area contributed by atoms with Crippen molar-refractivity contribution in [3.8, 4) is 0 Å². The number of aryl methyl sites for hydroxylation is 3. The maximum absolute atomic E-state index is 2.40. The van der Waals surface area contributed by atoms with E-state index in [0.29, 0.717) is 0 Å². The highest BCUT2D eigenvalue weighted by atomic mass is 15.1. The fraction of sp³-hybridized carbons (Fsp3) is 0.395. The van der Waals surface area contributed by atoms with E-state index in [0.717, 1.165) is 0 Å². The number of benzene rings is 4. The predicted octanol–water partition coefficient (Wildman–Crippen LogP) is 13.4. The quantitative estimate of drug-likeness (QED) is 0.0781. The molecule has 4 rings (SSSR count). The van der Waals surface area contributed by atoms with Gasteiger partial charge in [0.1, 0.15) is 0 Å². The molecule has 0 atom stereocenters. The summed E-state index contributed by atoms with van der Waals surface area (Å²) in [7, 11) is 0. The summed E-state index contributed by atoms with van der Waals surface area (Å²) in [4.78, 5) is 2.40. The van der Waals surface area contributed by atoms with Crippen LogP contribution in [0.15, 0.2) is 97.1 Å². The Morgan fingerprint density at radius 1 is 0.409 bits per heavy atom. The zero-order valence-electron chi connectivity index (χ0n) is 27.7. The molecule has 0 radical (unpaired) electrons. The second kappa shape index (κ2) is 18.9. The van der Waals surface area contributed by atoms with Crippen molar-refractivity contribution < 1.29 is 0 Å². The molecule has 0 aliphatic carbocycles. The summed E-state index contributed by atoms with van der Waals surface area (Å²) in [5.41, 5.74) is 10.2. The van der Waals surface area contributed by atoms with Crippen LogP contribution >= 0.6 is 0 Å². The number of rotatable bonds is 19. The molecule has 0 saturated heterocycles. The van der Waals surface area contributed by atoms with Crippen LogP contribution in [0, 0.1) is 6.92 Å². The van der Waals surface area contributed by atoms with Gasteiger partial charge in [-0.3, -0.25) is 0 Å². The Hall–Kier alpha value is -3.58. The van der Waals surface area contributed by atoms with Gasteiger partial charge in [0.15, 0.2) is 0 Å². The van der Waals surface area contributed by atoms with Crippen LogP contribution in [0.3, 0.4) is 0 Å². The van der Waals surface area contributed by atoms with Crippen LogP contribution in [0.2, 0.25) is 0 Å². The molecular formula is C43H55N. The van der Waals surface area contributed by atoms with Gasteiger partial charge in [0.25, 0.3) is 0 Å². The number of anilines is 3. The third kappa shape index (κ3) is 11.2. The molecule has 4 aromatic rings. The number of hydrogen-bond acceptors (Lipinski definition) is 1. The number of nitrogens with zero attached hydrogens (tertiary/aromatic N) is 1. The third-order valence-corrected chi connectivity index (χ3v) is 8.72. The van der Waals surface area contributed by atoms with Crippen molar-refractivity contribution in [2.45, 2.75) is 111 Å². The summed E-state index contributed by atoms with van der Waals surface area (Å²) in [6.45, 7) is 6.70. The van der Waals surface area contributed by atoms with Gasteiger partial charge in [-0.05, 0) is 91.3 Å². The standard InChI is InChI=1S/C43H55N/c1-4-6-8-10-12-14-16-37-24-30-41(31-25-37)44(42-32-26-38(27-33-42)17-15-13-11-9-7-5-2)43-34-28-40(29-35-43)23-22-39-20-18-36(3)19-21-39/h18-35H,4-17H2,1-3H3. The van der Waals surface area contributed by atoms with Gasteiger partial charge >= 0.3 is 0 Å². The minimum Gasteiger partial charge on any atom is -0.311 e. The first-order valence-electron chi connectivity index (χ1n) is 17.5. The van der Waals surface area contributed by atoms with Gasteiger partial charge in [-0.25, -0.2) is 0 Å². The molecule has 44 heavy (non-hydrogen) atoms. The molecule has 0 unspecified atom stereocenters. The molecular weight excluding hydrogens is 530 g/mol. The maximum atomic E-state index is 2.40. The minimum absolute atomic E-state index is 1.17. The van der Waals surface area contributed by atoms with E-state index >= 15 is 0 Å². The smallest absolute Gasteiger partial charge is 0.0462 e. The Labute approximate surface area is 269 Å². The normalized spacial score (nSPS) is 11.3. The van der Waals surface area contributed by atoms with Crippen LogP contribution < -0.4 is 4.90 Å². The highest BCUT2D eigenvalue weighted by molar-refractivity contribution is 5.78. The van der Waals surface area contributed by atoms with E-state index in [2.05, 4.69) is 135 Å². The van der Waals surface area contributed by atoms with Crippen molar-refractivity contribution in [1.82, 2.24) is 0 Å². The van der Waals surface area contributed by atoms with E-state index in [-0.39, 0.29) is 0 Å². The molecule has 0 aromatic heterocycles. The Morgan fingerprint density at radius 2 is 0.750 bits per heavy atom. The Morgan fingerprint density at radius 3 is 1.16 bits per heavy atom. The Kier molecular flexibility index (Phi) is 14.3. The van der Waals surface area contributed by atoms with Gasteiger partial charge in [-0.1, -0.05) is 156 Å². The molecule has 1 nitrogen and oxygen atoms in total. The first-order chi connectivity index (χ1) is 21.7. The van der Waals surface area contributed by atoms with Crippen molar-refractivity contribution in [2.24, 2.45) is 0 Å². The van der Waals surface area contributed by atoms with Crippen LogP contribution in [-0.4, -0.2) is 0 Å². The van der Waals surface area contributed by atoms with E-state index in [9.17, 15) is 0 Å². The van der Waals surface area contributed by atoms with Crippen molar-refractivity contribution in [3.63, 3.8) is 0 Å². The van der Waals surface area contributed by atoms with Crippen LogP contribution in [-0.2, 0) is 12.8 Å². The molecule has 0 amide bonds. The minimum atomic E-state index is 1.17. The van der Waals surface area contributed by atoms with E-state index < -0.39 is 0 Å². The molecule has 0 aliphatic rings. The van der Waals surface area contributed by atoms with Gasteiger partial charge < -0.3 is 4.90 Å². The Bertz CT molecular complexity index is 1290. The lowest BCUT2D eigenvalue weighted by Gasteiger charge is -2.26. The molecule has 0 aliphatic heterocycles. The SMILES string of the molecule is CCCCCCCCc1ccc(N(c2ccc(C=Cc3ccc(C)cc3)cc2)c2ccc(CCCCCCCC)cc2)cc1. The monoisotopic (exact) mass is 585 g/mol. The van der Waals surface area contributed by atoms with E-state index in [1.807, 2.05) is 0 Å². The zero-order chi connectivity index (χ0) is 30.8. The van der Waals surface area contributed by atoms with E-state index in [1.54, 1.807) is 0 Å². The molecule has 0 heterocycles. The molecule has 4 aromatic carbocycles. The lowest BCUT2D eigenvalue weighted by molar-refractivity contribution is 0.607. The zero-order valence-corrected chi connectivity index (χ0v) is 27.7. The van der Waals surface area contributed by atoms with Crippen LogP contribution in [0.25, 0.3) is 12.2 Å². The summed E-state index contributed by atoms with van der Waals surface area (Å²) >= 11 is 0. The average molecular weight is 586 g/mol. The lowest BCUT2D eigenvalue weighted by atomic mass is 10.0. The predicted molar refractivity (Wildman–Crippen MR) is 195 cm³/mol. The maximum Gasteiger partial charge on any atom is 0.0462 e. The van der Waals surface area contributed by atoms with Crippen molar-refractivity contribution >= 4 is 29.2 Å². The molecule has 0 fully saturated rings. The molecule has 0 bridgehead atoms. The van der Waals surface area contributed by atoms with Crippen LogP contribution in [0.1, 0.15) is 119 Å². The highest BCUT2D eigenvalue weighted by Crippen LogP contribution is 2.35. The van der Waals surface area contributed by atoms with Crippen LogP contribution in [0.5, 0.6) is 0 Å². The number of hydrogen-bond donors (Lipinski definition) is 0. The second-order valence-corrected chi connectivity index (χ2v) is 12.5. The molecule has 0 N–H and O–H groups in total. The highest BCUT2D eigenvalue weighted by Gasteiger charge is 2.13. The van der Waals surface area contributed by atoms with E-state index in [1.165, 1.54) is 135 Å². The lowest BCUT2D eigenvalue weighted by Crippen LogP contribution is -2.10. The molecule has 0 spiro atoms. The average Bonchev–Trinajstić information content (AvgIpc) is 3.06. The Balaban J connectivity index is 1.47. The molecule has 232 valence electrons. The second-order valence-electron chi connectivity index (χ2n) is 12.5. The third-order valence-electron chi connectivity index (χ3n) is 8.72. The first-order valence-corrected chi connectivity index (χ1v) is 17.5. The van der Waals surface area contributed by atoms with E-state index in [4.69, 9.17) is 0 Å². The summed E-state index contributed by atoms with van der Waals surface area (Å²) in [6.07, 6.45) is 22.8. The topological polar surface area (TPSA) is 3.24 Å². The number of unbranched alkanes of at least 4 members (excludes halogenated alkanes) is 10. The van der Waals surface area contributed by atoms with Gasteiger partial charge in [0, 0.05) is 17.1 Å². The summed E-state index contributed by atoms with van der Waals surface area (Å²) in [6, 6.07) is 36.2. The first kappa shape index (κ1) is 33.3. The van der Waals surface area contributed by atoms with Crippen molar-refractivity contribution in [3.05, 3.63) is 125 Å². The van der Waals surface area contributed by atoms with Gasteiger partial charge in [0.05, 0.1) is 0 Å². The van der Waals surface area contributed by atoms with Crippen LogP contribution in [0.4, 0.5) is 17.1 Å². The molecule has 1 heteroatoms. The summed E-state index contributed by atoms with van der Waals surface area (Å²) in [5, 5.41) is 0. The van der Waals surface area contributed by atoms with Gasteiger partial charge in [0.2, 0.25) is 0 Å². The molecule has 0 saturated carbocycles. The van der Waals surface area contributed by atoms with Gasteiger partial charge in [-0.2, -0.15) is 0 Å². The van der Waals surface area contributed by atoms with Gasteiger partial charge in [-0.15, -0.1) is 0 Å². The van der Waals surface area contributed by atoms with Crippen molar-refractivity contribution in [2.75, 3.05) is 4.90 Å². The fourth-order valence-corrected chi connectivity index (χ4v) is 5.89. The van der Waals surface area contributed by atoms with Crippen molar-refractivity contribution in [1.29, 1.82) is 0 Å². The summed E-state index contributed by atoms with van der Waals surface area (Å²) < 4.78 is 0.